The summed E-state index contributed by atoms with van der Waals surface area (Å²) in [4.78, 5) is 12.4. The molecule has 0 unspecified atom stereocenters. The first-order valence-electron chi connectivity index (χ1n) is 10.0. The lowest BCUT2D eigenvalue weighted by molar-refractivity contribution is -0.132. The minimum atomic E-state index is -0.318. The van der Waals surface area contributed by atoms with E-state index in [2.05, 4.69) is 29.5 Å². The monoisotopic (exact) mass is 364 g/mol. The fraction of sp³-hybridized carbons (Fsp3) is 0.842. The minimum Gasteiger partial charge on any atom is -0.394 e. The Morgan fingerprint density at radius 1 is 1.35 bits per heavy atom. The third kappa shape index (κ3) is 4.82. The summed E-state index contributed by atoms with van der Waals surface area (Å²) in [6.45, 7) is 4.89. The van der Waals surface area contributed by atoms with E-state index in [-0.39, 0.29) is 36.7 Å². The van der Waals surface area contributed by atoms with Crippen LogP contribution in [-0.2, 0) is 16.1 Å². The van der Waals surface area contributed by atoms with Gasteiger partial charge in [0.25, 0.3) is 0 Å². The molecule has 1 saturated carbocycles. The fourth-order valence-corrected chi connectivity index (χ4v) is 3.96. The number of carbonyl (C=O) groups is 1. The number of hydrogen-bond donors (Lipinski definition) is 2. The SMILES string of the molecule is CC(C)c1cn(CC[C@H]2CC[C@H](NC(=O)C3CCCC3)[C@H](CO)O2)nn1. The molecule has 7 nitrogen and oxygen atoms in total. The average Bonchev–Trinajstić information content (AvgIpc) is 3.32. The summed E-state index contributed by atoms with van der Waals surface area (Å²) >= 11 is 0. The highest BCUT2D eigenvalue weighted by atomic mass is 16.5. The molecule has 1 amide bonds. The Labute approximate surface area is 155 Å². The summed E-state index contributed by atoms with van der Waals surface area (Å²) in [6, 6.07) is -0.0803. The van der Waals surface area contributed by atoms with Gasteiger partial charge in [-0.1, -0.05) is 31.9 Å². The maximum atomic E-state index is 12.4. The van der Waals surface area contributed by atoms with Gasteiger partial charge in [0.1, 0.15) is 6.10 Å². The van der Waals surface area contributed by atoms with E-state index in [1.807, 2.05) is 10.9 Å². The number of aryl methyl sites for hydroxylation is 1. The molecule has 0 spiro atoms. The maximum absolute atomic E-state index is 12.4. The van der Waals surface area contributed by atoms with Crippen LogP contribution in [0.1, 0.15) is 70.4 Å². The van der Waals surface area contributed by atoms with Crippen molar-refractivity contribution in [2.45, 2.75) is 89.5 Å². The number of aliphatic hydroxyl groups is 1. The highest BCUT2D eigenvalue weighted by Gasteiger charge is 2.33. The van der Waals surface area contributed by atoms with Crippen molar-refractivity contribution in [1.29, 1.82) is 0 Å². The van der Waals surface area contributed by atoms with E-state index in [4.69, 9.17) is 4.74 Å². The molecular formula is C19H32N4O3. The first-order valence-corrected chi connectivity index (χ1v) is 10.0. The average molecular weight is 364 g/mol. The third-order valence-electron chi connectivity index (χ3n) is 5.68. The smallest absolute Gasteiger partial charge is 0.223 e. The number of nitrogens with one attached hydrogen (secondary N) is 1. The topological polar surface area (TPSA) is 89.3 Å². The second kappa shape index (κ2) is 8.95. The van der Waals surface area contributed by atoms with E-state index in [0.717, 1.165) is 57.2 Å². The van der Waals surface area contributed by atoms with Crippen LogP contribution in [0.25, 0.3) is 0 Å². The van der Waals surface area contributed by atoms with Crippen molar-refractivity contribution in [2.75, 3.05) is 6.61 Å². The summed E-state index contributed by atoms with van der Waals surface area (Å²) in [6.07, 6.45) is 8.59. The molecule has 1 aromatic heterocycles. The number of nitrogens with zero attached hydrogens (tertiary/aromatic N) is 3. The molecule has 1 saturated heterocycles. The fourth-order valence-electron chi connectivity index (χ4n) is 3.96. The van der Waals surface area contributed by atoms with Crippen molar-refractivity contribution < 1.29 is 14.6 Å². The molecule has 1 aromatic rings. The van der Waals surface area contributed by atoms with Crippen LogP contribution in [0.15, 0.2) is 6.20 Å². The molecule has 3 rings (SSSR count). The van der Waals surface area contributed by atoms with Crippen molar-refractivity contribution >= 4 is 5.91 Å². The van der Waals surface area contributed by atoms with E-state index < -0.39 is 0 Å². The molecule has 3 atom stereocenters. The van der Waals surface area contributed by atoms with Crippen LogP contribution >= 0.6 is 0 Å². The number of rotatable bonds is 7. The van der Waals surface area contributed by atoms with E-state index in [1.54, 1.807) is 0 Å². The molecule has 2 heterocycles. The van der Waals surface area contributed by atoms with Gasteiger partial charge in [-0.2, -0.15) is 0 Å². The third-order valence-corrected chi connectivity index (χ3v) is 5.68. The number of aliphatic hydroxyl groups excluding tert-OH is 1. The number of ether oxygens (including phenoxy) is 1. The molecule has 146 valence electrons. The van der Waals surface area contributed by atoms with E-state index in [1.165, 1.54) is 0 Å². The Morgan fingerprint density at radius 3 is 2.77 bits per heavy atom. The lowest BCUT2D eigenvalue weighted by Gasteiger charge is -2.36. The second-order valence-corrected chi connectivity index (χ2v) is 8.00. The highest BCUT2D eigenvalue weighted by Crippen LogP contribution is 2.27. The molecule has 0 radical (unpaired) electrons. The van der Waals surface area contributed by atoms with Gasteiger partial charge in [0, 0.05) is 18.7 Å². The van der Waals surface area contributed by atoms with Crippen LogP contribution in [0, 0.1) is 5.92 Å². The zero-order chi connectivity index (χ0) is 18.5. The summed E-state index contributed by atoms with van der Waals surface area (Å²) in [7, 11) is 0. The molecule has 2 N–H and O–H groups in total. The van der Waals surface area contributed by atoms with Gasteiger partial charge in [0.2, 0.25) is 5.91 Å². The van der Waals surface area contributed by atoms with E-state index in [9.17, 15) is 9.90 Å². The Kier molecular flexibility index (Phi) is 6.64. The molecule has 0 bridgehead atoms. The largest absolute Gasteiger partial charge is 0.394 e. The van der Waals surface area contributed by atoms with Gasteiger partial charge in [0.15, 0.2) is 0 Å². The normalized spacial score (nSPS) is 27.2. The van der Waals surface area contributed by atoms with Gasteiger partial charge in [-0.05, 0) is 38.0 Å². The number of hydrogen-bond acceptors (Lipinski definition) is 5. The molecule has 0 aromatic carbocycles. The van der Waals surface area contributed by atoms with Crippen LogP contribution in [0.4, 0.5) is 0 Å². The maximum Gasteiger partial charge on any atom is 0.223 e. The molecule has 2 aliphatic rings. The molecule has 26 heavy (non-hydrogen) atoms. The van der Waals surface area contributed by atoms with Gasteiger partial charge in [0.05, 0.1) is 24.4 Å². The van der Waals surface area contributed by atoms with Crippen molar-refractivity contribution in [1.82, 2.24) is 20.3 Å². The van der Waals surface area contributed by atoms with Crippen LogP contribution in [0.5, 0.6) is 0 Å². The van der Waals surface area contributed by atoms with Gasteiger partial charge in [-0.25, -0.2) is 0 Å². The van der Waals surface area contributed by atoms with Gasteiger partial charge >= 0.3 is 0 Å². The standard InChI is InChI=1S/C19H32N4O3/c1-13(2)17-11-23(22-21-17)10-9-15-7-8-16(18(12-24)26-15)20-19(25)14-5-3-4-6-14/h11,13-16,18,24H,3-10,12H2,1-2H3,(H,20,25)/t15-,16+,18+/m1/s1. The van der Waals surface area contributed by atoms with E-state index in [0.29, 0.717) is 5.92 Å². The zero-order valence-corrected chi connectivity index (χ0v) is 15.9. The molecule has 1 aliphatic heterocycles. The van der Waals surface area contributed by atoms with Crippen molar-refractivity contribution in [3.05, 3.63) is 11.9 Å². The first-order chi connectivity index (χ1) is 12.6. The van der Waals surface area contributed by atoms with Crippen LogP contribution in [-0.4, -0.2) is 50.9 Å². The number of aromatic nitrogens is 3. The Morgan fingerprint density at radius 2 is 2.12 bits per heavy atom. The molecule has 2 fully saturated rings. The lowest BCUT2D eigenvalue weighted by atomic mass is 9.96. The predicted molar refractivity (Wildman–Crippen MR) is 97.6 cm³/mol. The van der Waals surface area contributed by atoms with Gasteiger partial charge < -0.3 is 15.2 Å². The second-order valence-electron chi connectivity index (χ2n) is 8.00. The van der Waals surface area contributed by atoms with Crippen molar-refractivity contribution in [3.63, 3.8) is 0 Å². The Bertz CT molecular complexity index is 583. The first kappa shape index (κ1) is 19.3. The number of amides is 1. The van der Waals surface area contributed by atoms with Gasteiger partial charge in [-0.15, -0.1) is 5.10 Å². The van der Waals surface area contributed by atoms with Crippen molar-refractivity contribution in [3.8, 4) is 0 Å². The van der Waals surface area contributed by atoms with Crippen LogP contribution in [0.2, 0.25) is 0 Å². The highest BCUT2D eigenvalue weighted by molar-refractivity contribution is 5.79. The van der Waals surface area contributed by atoms with Crippen LogP contribution < -0.4 is 5.32 Å². The summed E-state index contributed by atoms with van der Waals surface area (Å²) in [5.74, 6) is 0.657. The summed E-state index contributed by atoms with van der Waals surface area (Å²) in [5.41, 5.74) is 0.998. The molecule has 7 heteroatoms. The zero-order valence-electron chi connectivity index (χ0n) is 15.9. The minimum absolute atomic E-state index is 0.0626. The van der Waals surface area contributed by atoms with E-state index >= 15 is 0 Å². The van der Waals surface area contributed by atoms with Crippen LogP contribution in [0.3, 0.4) is 0 Å². The van der Waals surface area contributed by atoms with Crippen molar-refractivity contribution in [2.24, 2.45) is 5.92 Å². The Hall–Kier alpha value is -1.47. The summed E-state index contributed by atoms with van der Waals surface area (Å²) < 4.78 is 7.92. The lowest BCUT2D eigenvalue weighted by Crippen LogP contribution is -2.52. The number of carbonyl (C=O) groups excluding carboxylic acids is 1. The molecule has 1 aliphatic carbocycles. The summed E-state index contributed by atoms with van der Waals surface area (Å²) in [5, 5.41) is 21.2. The van der Waals surface area contributed by atoms with Gasteiger partial charge in [-0.3, -0.25) is 9.48 Å². The predicted octanol–water partition coefficient (Wildman–Crippen LogP) is 2.01. The quantitative estimate of drug-likeness (QED) is 0.772. The Balaban J connectivity index is 1.46. The molecular weight excluding hydrogens is 332 g/mol.